The highest BCUT2D eigenvalue weighted by Crippen LogP contribution is 2.32. The van der Waals surface area contributed by atoms with Gasteiger partial charge in [0.2, 0.25) is 0 Å². The summed E-state index contributed by atoms with van der Waals surface area (Å²) >= 11 is 7.57. The molecule has 0 unspecified atom stereocenters. The van der Waals surface area contributed by atoms with Crippen LogP contribution in [0.3, 0.4) is 0 Å². The van der Waals surface area contributed by atoms with Gasteiger partial charge in [-0.05, 0) is 56.2 Å². The molecule has 7 heteroatoms. The summed E-state index contributed by atoms with van der Waals surface area (Å²) < 4.78 is 7.55. The number of aryl methyl sites for hydroxylation is 4. The lowest BCUT2D eigenvalue weighted by Gasteiger charge is -2.05. The molecular weight excluding hydrogens is 418 g/mol. The number of imidazole rings is 1. The van der Waals surface area contributed by atoms with Gasteiger partial charge in [-0.2, -0.15) is 0 Å². The molecule has 5 nitrogen and oxygen atoms in total. The average Bonchev–Trinajstić information content (AvgIpc) is 3.19. The third kappa shape index (κ3) is 4.11. The van der Waals surface area contributed by atoms with E-state index in [1.54, 1.807) is 0 Å². The Labute approximate surface area is 184 Å². The van der Waals surface area contributed by atoms with E-state index in [0.717, 1.165) is 49.1 Å². The van der Waals surface area contributed by atoms with Crippen molar-refractivity contribution in [2.75, 3.05) is 0 Å². The van der Waals surface area contributed by atoms with Crippen LogP contribution in [0.15, 0.2) is 36.4 Å². The molecule has 0 aliphatic rings. The predicted octanol–water partition coefficient (Wildman–Crippen LogP) is 5.56. The van der Waals surface area contributed by atoms with Gasteiger partial charge in [-0.15, -0.1) is 11.3 Å². The van der Waals surface area contributed by atoms with Gasteiger partial charge in [0.15, 0.2) is 0 Å². The molecule has 2 aromatic carbocycles. The van der Waals surface area contributed by atoms with Crippen LogP contribution in [-0.2, 0) is 29.6 Å². The molecular formula is C23H22ClN3O2S. The molecule has 0 saturated carbocycles. The molecule has 4 aromatic rings. The number of esters is 1. The van der Waals surface area contributed by atoms with Crippen LogP contribution in [0, 0.1) is 20.8 Å². The van der Waals surface area contributed by atoms with Crippen molar-refractivity contribution in [3.63, 3.8) is 0 Å². The van der Waals surface area contributed by atoms with Crippen LogP contribution in [0.2, 0.25) is 5.02 Å². The zero-order valence-electron chi connectivity index (χ0n) is 17.3. The predicted molar refractivity (Wildman–Crippen MR) is 121 cm³/mol. The number of aromatic nitrogens is 3. The van der Waals surface area contributed by atoms with E-state index in [9.17, 15) is 4.79 Å². The second kappa shape index (κ2) is 8.20. The van der Waals surface area contributed by atoms with E-state index in [1.165, 1.54) is 11.3 Å². The van der Waals surface area contributed by atoms with E-state index in [-0.39, 0.29) is 19.0 Å². The Morgan fingerprint density at radius 2 is 1.93 bits per heavy atom. The van der Waals surface area contributed by atoms with Gasteiger partial charge in [0.1, 0.15) is 17.4 Å². The maximum atomic E-state index is 12.4. The molecule has 4 rings (SSSR count). The Morgan fingerprint density at radius 1 is 1.13 bits per heavy atom. The van der Waals surface area contributed by atoms with Crippen molar-refractivity contribution in [2.45, 2.75) is 33.8 Å². The largest absolute Gasteiger partial charge is 0.461 e. The lowest BCUT2D eigenvalue weighted by molar-refractivity contribution is -0.144. The molecule has 30 heavy (non-hydrogen) atoms. The van der Waals surface area contributed by atoms with E-state index in [2.05, 4.69) is 9.97 Å². The van der Waals surface area contributed by atoms with Gasteiger partial charge in [-0.3, -0.25) is 4.79 Å². The topological polar surface area (TPSA) is 57.0 Å². The highest BCUT2D eigenvalue weighted by molar-refractivity contribution is 7.15. The van der Waals surface area contributed by atoms with E-state index in [4.69, 9.17) is 16.3 Å². The molecule has 0 radical (unpaired) electrons. The molecule has 154 valence electrons. The normalized spacial score (nSPS) is 11.2. The fraction of sp³-hybridized carbons (Fsp3) is 0.261. The molecule has 0 bridgehead atoms. The van der Waals surface area contributed by atoms with Gasteiger partial charge < -0.3 is 9.30 Å². The van der Waals surface area contributed by atoms with Crippen molar-refractivity contribution in [2.24, 2.45) is 7.05 Å². The Hall–Kier alpha value is -2.70. The monoisotopic (exact) mass is 439 g/mol. The zero-order valence-corrected chi connectivity index (χ0v) is 18.9. The Morgan fingerprint density at radius 3 is 2.70 bits per heavy atom. The van der Waals surface area contributed by atoms with Crippen LogP contribution in [0.25, 0.3) is 21.6 Å². The minimum Gasteiger partial charge on any atom is -0.461 e. The van der Waals surface area contributed by atoms with E-state index in [0.29, 0.717) is 5.02 Å². The van der Waals surface area contributed by atoms with Crippen LogP contribution in [0.4, 0.5) is 0 Å². The number of carbonyl (C=O) groups excluding carboxylic acids is 1. The summed E-state index contributed by atoms with van der Waals surface area (Å²) in [5.41, 5.74) is 5.84. The highest BCUT2D eigenvalue weighted by atomic mass is 35.5. The minimum atomic E-state index is -0.265. The van der Waals surface area contributed by atoms with Crippen molar-refractivity contribution >= 4 is 39.9 Å². The standard InChI is InChI=1S/C23H22ClN3O2S/c1-13-9-17(24)6-7-18(13)23-25-14(2)21(30-23)11-22(28)29-12-16-5-8-20-19(10-16)26-15(3)27(20)4/h5-10H,11-12H2,1-4H3. The molecule has 0 atom stereocenters. The quantitative estimate of drug-likeness (QED) is 0.382. The summed E-state index contributed by atoms with van der Waals surface area (Å²) in [5.74, 6) is 0.685. The van der Waals surface area contributed by atoms with Crippen molar-refractivity contribution in [3.8, 4) is 10.6 Å². The molecule has 0 fully saturated rings. The van der Waals surface area contributed by atoms with Crippen LogP contribution in [0.1, 0.15) is 27.5 Å². The molecule has 0 aliphatic carbocycles. The second-order valence-electron chi connectivity index (χ2n) is 7.37. The third-order valence-corrected chi connectivity index (χ3v) is 6.61. The number of nitrogens with zero attached hydrogens (tertiary/aromatic N) is 3. The molecule has 0 saturated heterocycles. The first-order valence-electron chi connectivity index (χ1n) is 9.62. The average molecular weight is 440 g/mol. The zero-order chi connectivity index (χ0) is 21.4. The summed E-state index contributed by atoms with van der Waals surface area (Å²) in [6.45, 7) is 6.12. The Kier molecular flexibility index (Phi) is 5.62. The fourth-order valence-electron chi connectivity index (χ4n) is 3.38. The first-order chi connectivity index (χ1) is 14.3. The van der Waals surface area contributed by atoms with E-state index in [1.807, 2.05) is 68.8 Å². The number of benzene rings is 2. The minimum absolute atomic E-state index is 0.209. The first-order valence-corrected chi connectivity index (χ1v) is 10.8. The lowest BCUT2D eigenvalue weighted by Crippen LogP contribution is -2.07. The summed E-state index contributed by atoms with van der Waals surface area (Å²) in [6, 6.07) is 11.7. The van der Waals surface area contributed by atoms with Crippen LogP contribution < -0.4 is 0 Å². The van der Waals surface area contributed by atoms with Gasteiger partial charge in [-0.25, -0.2) is 9.97 Å². The summed E-state index contributed by atoms with van der Waals surface area (Å²) in [5, 5.41) is 1.59. The van der Waals surface area contributed by atoms with Gasteiger partial charge in [0.25, 0.3) is 0 Å². The molecule has 0 amide bonds. The van der Waals surface area contributed by atoms with Crippen LogP contribution in [-0.4, -0.2) is 20.5 Å². The molecule has 0 spiro atoms. The van der Waals surface area contributed by atoms with Crippen LogP contribution >= 0.6 is 22.9 Å². The summed E-state index contributed by atoms with van der Waals surface area (Å²) in [4.78, 5) is 22.5. The number of carbonyl (C=O) groups is 1. The summed E-state index contributed by atoms with van der Waals surface area (Å²) in [6.07, 6.45) is 0.209. The lowest BCUT2D eigenvalue weighted by atomic mass is 10.1. The number of thiazole rings is 1. The van der Waals surface area contributed by atoms with E-state index < -0.39 is 0 Å². The molecule has 2 aromatic heterocycles. The van der Waals surface area contributed by atoms with E-state index >= 15 is 0 Å². The van der Waals surface area contributed by atoms with Gasteiger partial charge >= 0.3 is 5.97 Å². The van der Waals surface area contributed by atoms with Crippen LogP contribution in [0.5, 0.6) is 0 Å². The Bertz CT molecular complexity index is 1260. The first kappa shape index (κ1) is 20.6. The summed E-state index contributed by atoms with van der Waals surface area (Å²) in [7, 11) is 1.99. The van der Waals surface area contributed by atoms with Gasteiger partial charge in [-0.1, -0.05) is 23.7 Å². The number of hydrogen-bond acceptors (Lipinski definition) is 5. The maximum Gasteiger partial charge on any atom is 0.311 e. The number of hydrogen-bond donors (Lipinski definition) is 0. The van der Waals surface area contributed by atoms with Crippen molar-refractivity contribution in [3.05, 3.63) is 68.9 Å². The third-order valence-electron chi connectivity index (χ3n) is 5.19. The number of halogens is 1. The molecule has 0 aliphatic heterocycles. The number of rotatable bonds is 5. The fourth-order valence-corrected chi connectivity index (χ4v) is 4.74. The molecule has 0 N–H and O–H groups in total. The second-order valence-corrected chi connectivity index (χ2v) is 8.89. The number of ether oxygens (including phenoxy) is 1. The van der Waals surface area contributed by atoms with Gasteiger partial charge in [0, 0.05) is 22.5 Å². The van der Waals surface area contributed by atoms with Gasteiger partial charge in [0.05, 0.1) is 23.1 Å². The molecule has 2 heterocycles. The van der Waals surface area contributed by atoms with Crippen molar-refractivity contribution < 1.29 is 9.53 Å². The van der Waals surface area contributed by atoms with Crippen molar-refractivity contribution in [1.29, 1.82) is 0 Å². The maximum absolute atomic E-state index is 12.4. The highest BCUT2D eigenvalue weighted by Gasteiger charge is 2.15. The Balaban J connectivity index is 1.43. The SMILES string of the molecule is Cc1cc(Cl)ccc1-c1nc(C)c(CC(=O)OCc2ccc3c(c2)nc(C)n3C)s1. The van der Waals surface area contributed by atoms with Crippen molar-refractivity contribution in [1.82, 2.24) is 14.5 Å². The number of fused-ring (bicyclic) bond motifs is 1. The smallest absolute Gasteiger partial charge is 0.311 e.